The third kappa shape index (κ3) is 3.92. The number of nitrogens with one attached hydrogen (secondary N) is 1. The molecule has 2 nitrogen and oxygen atoms in total. The Morgan fingerprint density at radius 3 is 2.83 bits per heavy atom. The first-order valence-electron chi connectivity index (χ1n) is 6.87. The molecule has 18 heavy (non-hydrogen) atoms. The van der Waals surface area contributed by atoms with Crippen LogP contribution in [0.3, 0.4) is 0 Å². The second-order valence-electron chi connectivity index (χ2n) is 4.86. The van der Waals surface area contributed by atoms with E-state index in [9.17, 15) is 0 Å². The highest BCUT2D eigenvalue weighted by Gasteiger charge is 2.17. The lowest BCUT2D eigenvalue weighted by Gasteiger charge is -2.16. The normalized spacial score (nSPS) is 24.6. The van der Waals surface area contributed by atoms with E-state index in [1.165, 1.54) is 12.0 Å². The van der Waals surface area contributed by atoms with Crippen molar-refractivity contribution in [2.24, 2.45) is 0 Å². The predicted octanol–water partition coefficient (Wildman–Crippen LogP) is 3.63. The summed E-state index contributed by atoms with van der Waals surface area (Å²) in [6.07, 6.45) is 2.32. The highest BCUT2D eigenvalue weighted by atomic mass is 32.2. The molecule has 0 bridgehead atoms. The van der Waals surface area contributed by atoms with Gasteiger partial charge < -0.3 is 10.1 Å². The number of benzene rings is 1. The Kier molecular flexibility index (Phi) is 5.39. The zero-order valence-electron chi connectivity index (χ0n) is 11.3. The van der Waals surface area contributed by atoms with Crippen LogP contribution in [0.25, 0.3) is 0 Å². The first kappa shape index (κ1) is 13.8. The molecule has 100 valence electrons. The number of hydrogen-bond acceptors (Lipinski definition) is 3. The molecule has 0 radical (unpaired) electrons. The molecule has 0 amide bonds. The minimum Gasteiger partial charge on any atom is -0.494 e. The van der Waals surface area contributed by atoms with Gasteiger partial charge in [0.1, 0.15) is 5.75 Å². The summed E-state index contributed by atoms with van der Waals surface area (Å²) in [6, 6.07) is 9.05. The summed E-state index contributed by atoms with van der Waals surface area (Å²) in [6.45, 7) is 6.36. The van der Waals surface area contributed by atoms with Gasteiger partial charge >= 0.3 is 0 Å². The van der Waals surface area contributed by atoms with Crippen LogP contribution in [0.2, 0.25) is 0 Å². The minimum absolute atomic E-state index is 0.486. The van der Waals surface area contributed by atoms with Crippen LogP contribution in [0.1, 0.15) is 38.3 Å². The Hall–Kier alpha value is -0.670. The summed E-state index contributed by atoms with van der Waals surface area (Å²) in [5.41, 5.74) is 1.38. The molecule has 0 aromatic heterocycles. The highest BCUT2D eigenvalue weighted by Crippen LogP contribution is 2.27. The Morgan fingerprint density at radius 1 is 1.33 bits per heavy atom. The Bertz CT molecular complexity index is 352. The highest BCUT2D eigenvalue weighted by molar-refractivity contribution is 7.99. The van der Waals surface area contributed by atoms with Crippen molar-refractivity contribution in [3.8, 4) is 5.75 Å². The van der Waals surface area contributed by atoms with E-state index in [1.54, 1.807) is 0 Å². The molecule has 1 aliphatic rings. The van der Waals surface area contributed by atoms with Crippen LogP contribution in [-0.4, -0.2) is 24.2 Å². The summed E-state index contributed by atoms with van der Waals surface area (Å²) in [7, 11) is 0. The SMILES string of the molecule is CCCOc1ccc(C2CSC(C)CCN2)cc1. The largest absolute Gasteiger partial charge is 0.494 e. The van der Waals surface area contributed by atoms with Crippen LogP contribution in [-0.2, 0) is 0 Å². The average Bonchev–Trinajstić information content (AvgIpc) is 2.62. The maximum absolute atomic E-state index is 5.61. The molecule has 0 aliphatic carbocycles. The quantitative estimate of drug-likeness (QED) is 0.898. The summed E-state index contributed by atoms with van der Waals surface area (Å²) < 4.78 is 5.61. The molecule has 2 rings (SSSR count). The van der Waals surface area contributed by atoms with Crippen LogP contribution in [0.15, 0.2) is 24.3 Å². The van der Waals surface area contributed by atoms with Gasteiger partial charge in [-0.2, -0.15) is 11.8 Å². The first-order valence-corrected chi connectivity index (χ1v) is 7.92. The third-order valence-electron chi connectivity index (χ3n) is 3.24. The predicted molar refractivity (Wildman–Crippen MR) is 79.5 cm³/mol. The van der Waals surface area contributed by atoms with E-state index in [0.717, 1.165) is 36.3 Å². The van der Waals surface area contributed by atoms with Crippen molar-refractivity contribution in [1.82, 2.24) is 5.32 Å². The van der Waals surface area contributed by atoms with Gasteiger partial charge in [0.15, 0.2) is 0 Å². The van der Waals surface area contributed by atoms with E-state index in [-0.39, 0.29) is 0 Å². The lowest BCUT2D eigenvalue weighted by Crippen LogP contribution is -2.22. The van der Waals surface area contributed by atoms with Crippen molar-refractivity contribution in [2.75, 3.05) is 18.9 Å². The molecule has 0 saturated carbocycles. The molecule has 0 spiro atoms. The fourth-order valence-electron chi connectivity index (χ4n) is 2.09. The van der Waals surface area contributed by atoms with E-state index in [0.29, 0.717) is 6.04 Å². The van der Waals surface area contributed by atoms with Crippen molar-refractivity contribution in [3.05, 3.63) is 29.8 Å². The van der Waals surface area contributed by atoms with Gasteiger partial charge in [0.25, 0.3) is 0 Å². The van der Waals surface area contributed by atoms with Crippen LogP contribution < -0.4 is 10.1 Å². The standard InChI is InChI=1S/C15H23NOS/c1-3-10-17-14-6-4-13(5-7-14)15-11-18-12(2)8-9-16-15/h4-7,12,15-16H,3,8-11H2,1-2H3. The van der Waals surface area contributed by atoms with E-state index in [1.807, 2.05) is 0 Å². The topological polar surface area (TPSA) is 21.3 Å². The van der Waals surface area contributed by atoms with Gasteiger partial charge in [-0.1, -0.05) is 26.0 Å². The molecule has 1 aromatic rings. The third-order valence-corrected chi connectivity index (χ3v) is 4.57. The summed E-state index contributed by atoms with van der Waals surface area (Å²) >= 11 is 2.07. The average molecular weight is 265 g/mol. The molecule has 1 fully saturated rings. The van der Waals surface area contributed by atoms with Gasteiger partial charge in [0.05, 0.1) is 6.61 Å². The summed E-state index contributed by atoms with van der Waals surface area (Å²) in [4.78, 5) is 0. The zero-order valence-corrected chi connectivity index (χ0v) is 12.1. The van der Waals surface area contributed by atoms with E-state index >= 15 is 0 Å². The van der Waals surface area contributed by atoms with Crippen molar-refractivity contribution in [1.29, 1.82) is 0 Å². The second-order valence-corrected chi connectivity index (χ2v) is 6.33. The van der Waals surface area contributed by atoms with Gasteiger partial charge in [-0.25, -0.2) is 0 Å². The van der Waals surface area contributed by atoms with Crippen LogP contribution >= 0.6 is 11.8 Å². The van der Waals surface area contributed by atoms with Crippen LogP contribution in [0, 0.1) is 0 Å². The van der Waals surface area contributed by atoms with Crippen molar-refractivity contribution in [3.63, 3.8) is 0 Å². The smallest absolute Gasteiger partial charge is 0.119 e. The molecule has 1 aromatic carbocycles. The lowest BCUT2D eigenvalue weighted by molar-refractivity contribution is 0.317. The molecule has 1 aliphatic heterocycles. The van der Waals surface area contributed by atoms with Gasteiger partial charge in [0, 0.05) is 17.0 Å². The molecular weight excluding hydrogens is 242 g/mol. The number of rotatable bonds is 4. The molecule has 1 saturated heterocycles. The van der Waals surface area contributed by atoms with E-state index in [4.69, 9.17) is 4.74 Å². The van der Waals surface area contributed by atoms with E-state index in [2.05, 4.69) is 55.2 Å². The van der Waals surface area contributed by atoms with Crippen LogP contribution in [0.5, 0.6) is 5.75 Å². The van der Waals surface area contributed by atoms with Crippen molar-refractivity contribution >= 4 is 11.8 Å². The summed E-state index contributed by atoms with van der Waals surface area (Å²) in [5.74, 6) is 2.14. The van der Waals surface area contributed by atoms with Crippen LogP contribution in [0.4, 0.5) is 0 Å². The molecule has 1 heterocycles. The fraction of sp³-hybridized carbons (Fsp3) is 0.600. The minimum atomic E-state index is 0.486. The number of hydrogen-bond donors (Lipinski definition) is 1. The zero-order chi connectivity index (χ0) is 12.8. The van der Waals surface area contributed by atoms with Gasteiger partial charge in [-0.05, 0) is 37.1 Å². The molecule has 1 N–H and O–H groups in total. The molecule has 3 heteroatoms. The van der Waals surface area contributed by atoms with E-state index < -0.39 is 0 Å². The molecular formula is C15H23NOS. The van der Waals surface area contributed by atoms with Gasteiger partial charge in [-0.3, -0.25) is 0 Å². The monoisotopic (exact) mass is 265 g/mol. The number of thioether (sulfide) groups is 1. The van der Waals surface area contributed by atoms with Gasteiger partial charge in [0.2, 0.25) is 0 Å². The Balaban J connectivity index is 1.95. The van der Waals surface area contributed by atoms with Crippen molar-refractivity contribution in [2.45, 2.75) is 38.0 Å². The Morgan fingerprint density at radius 2 is 2.11 bits per heavy atom. The number of ether oxygens (including phenoxy) is 1. The fourth-order valence-corrected chi connectivity index (χ4v) is 3.21. The maximum Gasteiger partial charge on any atom is 0.119 e. The molecule has 2 unspecified atom stereocenters. The maximum atomic E-state index is 5.61. The second kappa shape index (κ2) is 7.05. The Labute approximate surface area is 114 Å². The van der Waals surface area contributed by atoms with Crippen molar-refractivity contribution < 1.29 is 4.74 Å². The lowest BCUT2D eigenvalue weighted by atomic mass is 10.1. The first-order chi connectivity index (χ1) is 8.79. The van der Waals surface area contributed by atoms with Gasteiger partial charge in [-0.15, -0.1) is 0 Å². The summed E-state index contributed by atoms with van der Waals surface area (Å²) in [5, 5.41) is 4.40. The molecule has 2 atom stereocenters.